The number of H-pyrrole nitrogens is 1. The van der Waals surface area contributed by atoms with Gasteiger partial charge in [-0.2, -0.15) is 8.78 Å². The molecule has 1 aromatic heterocycles. The maximum Gasteiger partial charge on any atom is 0.330 e. The van der Waals surface area contributed by atoms with Gasteiger partial charge in [0.2, 0.25) is 6.23 Å². The molecule has 1 aliphatic rings. The van der Waals surface area contributed by atoms with Gasteiger partial charge in [0.15, 0.2) is 0 Å². The second kappa shape index (κ2) is 4.45. The zero-order valence-corrected chi connectivity index (χ0v) is 9.60. The molecule has 0 amide bonds. The van der Waals surface area contributed by atoms with E-state index >= 15 is 0 Å². The second-order valence-electron chi connectivity index (χ2n) is 3.82. The predicted molar refractivity (Wildman–Crippen MR) is 56.9 cm³/mol. The minimum absolute atomic E-state index is 0.342. The van der Waals surface area contributed by atoms with Crippen molar-refractivity contribution in [1.29, 1.82) is 0 Å². The fraction of sp³-hybridized carbons (Fsp3) is 0.556. The third-order valence-electron chi connectivity index (χ3n) is 2.64. The third-order valence-corrected chi connectivity index (χ3v) is 2.94. The van der Waals surface area contributed by atoms with Crippen LogP contribution in [0.3, 0.4) is 0 Å². The molecule has 1 aliphatic heterocycles. The summed E-state index contributed by atoms with van der Waals surface area (Å²) < 4.78 is 32.8. The summed E-state index contributed by atoms with van der Waals surface area (Å²) in [6.45, 7) is 0. The molecule has 0 unspecified atom stereocenters. The SMILES string of the molecule is O=c1ccn([C@@H]2O[C@H](CCl)[C@@H](O)C2(F)F)c(=O)[nH]1. The molecule has 9 heteroatoms. The molecule has 3 atom stereocenters. The van der Waals surface area contributed by atoms with Crippen LogP contribution in [-0.4, -0.2) is 38.7 Å². The van der Waals surface area contributed by atoms with Crippen molar-refractivity contribution in [3.8, 4) is 0 Å². The van der Waals surface area contributed by atoms with Crippen molar-refractivity contribution in [1.82, 2.24) is 9.55 Å². The van der Waals surface area contributed by atoms with E-state index in [9.17, 15) is 23.5 Å². The van der Waals surface area contributed by atoms with Gasteiger partial charge in [-0.3, -0.25) is 14.3 Å². The van der Waals surface area contributed by atoms with Gasteiger partial charge in [0.25, 0.3) is 5.56 Å². The number of aromatic nitrogens is 2. The van der Waals surface area contributed by atoms with Crippen LogP contribution in [0, 0.1) is 0 Å². The van der Waals surface area contributed by atoms with Crippen LogP contribution < -0.4 is 11.2 Å². The van der Waals surface area contributed by atoms with E-state index in [2.05, 4.69) is 0 Å². The smallest absolute Gasteiger partial charge is 0.330 e. The molecule has 100 valence electrons. The highest BCUT2D eigenvalue weighted by molar-refractivity contribution is 6.18. The summed E-state index contributed by atoms with van der Waals surface area (Å²) in [5.74, 6) is -4.02. The fourth-order valence-corrected chi connectivity index (χ4v) is 1.95. The molecule has 0 saturated carbocycles. The monoisotopic (exact) mass is 282 g/mol. The van der Waals surface area contributed by atoms with Gasteiger partial charge in [0.05, 0.1) is 5.88 Å². The van der Waals surface area contributed by atoms with Gasteiger partial charge >= 0.3 is 11.6 Å². The van der Waals surface area contributed by atoms with Gasteiger partial charge in [-0.25, -0.2) is 4.79 Å². The summed E-state index contributed by atoms with van der Waals surface area (Å²) in [6, 6.07) is 0.904. The van der Waals surface area contributed by atoms with Crippen molar-refractivity contribution >= 4 is 11.6 Å². The van der Waals surface area contributed by atoms with Crippen LogP contribution in [0.25, 0.3) is 0 Å². The molecule has 2 N–H and O–H groups in total. The number of ether oxygens (including phenoxy) is 1. The Kier molecular flexibility index (Phi) is 3.26. The third kappa shape index (κ3) is 1.96. The van der Waals surface area contributed by atoms with E-state index in [0.717, 1.165) is 12.3 Å². The number of aliphatic hydroxyl groups is 1. The molecule has 0 spiro atoms. The number of rotatable bonds is 2. The van der Waals surface area contributed by atoms with Gasteiger partial charge < -0.3 is 9.84 Å². The van der Waals surface area contributed by atoms with E-state index in [1.165, 1.54) is 0 Å². The summed E-state index contributed by atoms with van der Waals surface area (Å²) in [4.78, 5) is 24.1. The summed E-state index contributed by atoms with van der Waals surface area (Å²) in [7, 11) is 0. The van der Waals surface area contributed by atoms with E-state index in [1.54, 1.807) is 0 Å². The first-order valence-electron chi connectivity index (χ1n) is 4.96. The Morgan fingerprint density at radius 1 is 1.56 bits per heavy atom. The molecule has 6 nitrogen and oxygen atoms in total. The average molecular weight is 283 g/mol. The minimum Gasteiger partial charge on any atom is -0.384 e. The van der Waals surface area contributed by atoms with E-state index in [1.807, 2.05) is 4.98 Å². The Morgan fingerprint density at radius 2 is 2.22 bits per heavy atom. The van der Waals surface area contributed by atoms with Crippen LogP contribution >= 0.6 is 11.6 Å². The van der Waals surface area contributed by atoms with Crippen LogP contribution in [0.15, 0.2) is 21.9 Å². The Balaban J connectivity index is 2.45. The summed E-state index contributed by atoms with van der Waals surface area (Å²) >= 11 is 5.38. The Labute approximate surface area is 104 Å². The average Bonchev–Trinajstić information content (AvgIpc) is 2.52. The summed E-state index contributed by atoms with van der Waals surface area (Å²) in [5, 5.41) is 9.35. The highest BCUT2D eigenvalue weighted by atomic mass is 35.5. The maximum atomic E-state index is 13.7. The highest BCUT2D eigenvalue weighted by Crippen LogP contribution is 2.42. The van der Waals surface area contributed by atoms with Crippen molar-refractivity contribution in [2.45, 2.75) is 24.4 Å². The standard InChI is InChI=1S/C9H9ClF2N2O4/c10-3-4-6(16)9(11,12)7(18-4)14-2-1-5(15)13-8(14)17/h1-2,4,6-7,16H,3H2,(H,13,15,17)/t4-,6-,7-/m1/s1. The molecule has 2 heterocycles. The van der Waals surface area contributed by atoms with E-state index in [-0.39, 0.29) is 5.88 Å². The van der Waals surface area contributed by atoms with Gasteiger partial charge in [-0.1, -0.05) is 0 Å². The highest BCUT2D eigenvalue weighted by Gasteiger charge is 2.59. The molecular formula is C9H9ClF2N2O4. The van der Waals surface area contributed by atoms with Crippen molar-refractivity contribution in [2.24, 2.45) is 0 Å². The van der Waals surface area contributed by atoms with Crippen LogP contribution in [0.2, 0.25) is 0 Å². The normalized spacial score (nSPS) is 30.6. The molecular weight excluding hydrogens is 274 g/mol. The second-order valence-corrected chi connectivity index (χ2v) is 4.13. The van der Waals surface area contributed by atoms with Gasteiger partial charge in [0.1, 0.15) is 12.2 Å². The van der Waals surface area contributed by atoms with Crippen molar-refractivity contribution < 1.29 is 18.6 Å². The largest absolute Gasteiger partial charge is 0.384 e. The Hall–Kier alpha value is -1.25. The number of alkyl halides is 3. The molecule has 1 fully saturated rings. The first kappa shape index (κ1) is 13.2. The zero-order chi connectivity index (χ0) is 13.5. The van der Waals surface area contributed by atoms with E-state index in [0.29, 0.717) is 4.57 Å². The van der Waals surface area contributed by atoms with Crippen molar-refractivity contribution in [2.75, 3.05) is 5.88 Å². The Morgan fingerprint density at radius 3 is 2.72 bits per heavy atom. The lowest BCUT2D eigenvalue weighted by Gasteiger charge is -2.20. The van der Waals surface area contributed by atoms with E-state index < -0.39 is 35.6 Å². The lowest BCUT2D eigenvalue weighted by Crippen LogP contribution is -2.42. The number of hydrogen-bond donors (Lipinski definition) is 2. The van der Waals surface area contributed by atoms with Crippen LogP contribution in [0.4, 0.5) is 8.78 Å². The number of nitrogens with one attached hydrogen (secondary N) is 1. The first-order valence-corrected chi connectivity index (χ1v) is 5.50. The minimum atomic E-state index is -3.68. The summed E-state index contributed by atoms with van der Waals surface area (Å²) in [6.07, 6.45) is -4.52. The number of halogens is 3. The first-order chi connectivity index (χ1) is 8.37. The van der Waals surface area contributed by atoms with Gasteiger partial charge in [-0.05, 0) is 0 Å². The fourth-order valence-electron chi connectivity index (χ4n) is 1.71. The van der Waals surface area contributed by atoms with Crippen molar-refractivity contribution in [3.05, 3.63) is 33.1 Å². The Bertz CT molecular complexity index is 558. The molecule has 0 bridgehead atoms. The molecule has 2 rings (SSSR count). The lowest BCUT2D eigenvalue weighted by molar-refractivity contribution is -0.140. The topological polar surface area (TPSA) is 84.3 Å². The zero-order valence-electron chi connectivity index (χ0n) is 8.85. The number of aliphatic hydroxyl groups excluding tert-OH is 1. The molecule has 1 aromatic rings. The summed E-state index contributed by atoms with van der Waals surface area (Å²) in [5.41, 5.74) is -1.76. The molecule has 0 aliphatic carbocycles. The van der Waals surface area contributed by atoms with Crippen LogP contribution in [0.1, 0.15) is 6.23 Å². The molecule has 1 saturated heterocycles. The lowest BCUT2D eigenvalue weighted by atomic mass is 10.1. The van der Waals surface area contributed by atoms with Crippen LogP contribution in [-0.2, 0) is 4.74 Å². The van der Waals surface area contributed by atoms with Gasteiger partial charge in [0, 0.05) is 12.3 Å². The van der Waals surface area contributed by atoms with Crippen LogP contribution in [0.5, 0.6) is 0 Å². The maximum absolute atomic E-state index is 13.7. The number of hydrogen-bond acceptors (Lipinski definition) is 4. The molecule has 0 radical (unpaired) electrons. The molecule has 18 heavy (non-hydrogen) atoms. The van der Waals surface area contributed by atoms with E-state index in [4.69, 9.17) is 16.3 Å². The van der Waals surface area contributed by atoms with Gasteiger partial charge in [-0.15, -0.1) is 11.6 Å². The quantitative estimate of drug-likeness (QED) is 0.728. The number of nitrogens with zero attached hydrogens (tertiary/aromatic N) is 1. The number of aromatic amines is 1. The molecule has 0 aromatic carbocycles. The predicted octanol–water partition coefficient (Wildman–Crippen LogP) is -0.331. The van der Waals surface area contributed by atoms with Crippen molar-refractivity contribution in [3.63, 3.8) is 0 Å².